The van der Waals surface area contributed by atoms with E-state index in [9.17, 15) is 13.2 Å². The van der Waals surface area contributed by atoms with E-state index in [2.05, 4.69) is 15.3 Å². The van der Waals surface area contributed by atoms with Crippen LogP contribution in [0.25, 0.3) is 17.0 Å². The molecular weight excluding hydrogens is 466 g/mol. The van der Waals surface area contributed by atoms with Gasteiger partial charge in [-0.15, -0.1) is 0 Å². The van der Waals surface area contributed by atoms with Gasteiger partial charge in [0.1, 0.15) is 5.75 Å². The van der Waals surface area contributed by atoms with Crippen molar-refractivity contribution in [1.29, 1.82) is 0 Å². The van der Waals surface area contributed by atoms with Crippen molar-refractivity contribution in [3.8, 4) is 17.0 Å². The molecule has 5 rings (SSSR count). The van der Waals surface area contributed by atoms with Gasteiger partial charge in [0.2, 0.25) is 21.7 Å². The lowest BCUT2D eigenvalue weighted by Crippen LogP contribution is -2.41. The van der Waals surface area contributed by atoms with Gasteiger partial charge in [0.15, 0.2) is 0 Å². The second-order valence-corrected chi connectivity index (χ2v) is 10.3. The maximum absolute atomic E-state index is 12.9. The molecule has 0 saturated carbocycles. The molecule has 9 nitrogen and oxygen atoms in total. The summed E-state index contributed by atoms with van der Waals surface area (Å²) in [4.78, 5) is 21.8. The highest BCUT2D eigenvalue weighted by Crippen LogP contribution is 2.27. The molecule has 1 fully saturated rings. The predicted octanol–water partition coefficient (Wildman–Crippen LogP) is 3.44. The summed E-state index contributed by atoms with van der Waals surface area (Å²) in [5, 5.41) is 2.96. The first kappa shape index (κ1) is 23.0. The molecule has 0 unspecified atom stereocenters. The number of hydrogen-bond acceptors (Lipinski definition) is 6. The molecule has 0 aliphatic carbocycles. The van der Waals surface area contributed by atoms with Crippen molar-refractivity contribution >= 4 is 27.4 Å². The molecule has 3 heterocycles. The zero-order valence-electron chi connectivity index (χ0n) is 19.2. The number of hydrogen-bond donors (Lipinski definition) is 1. The summed E-state index contributed by atoms with van der Waals surface area (Å²) in [6, 6.07) is 15.7. The minimum absolute atomic E-state index is 0.101. The molecule has 0 radical (unpaired) electrons. The fourth-order valence-corrected chi connectivity index (χ4v) is 5.66. The zero-order chi connectivity index (χ0) is 24.4. The average molecular weight is 492 g/mol. The van der Waals surface area contributed by atoms with Crippen molar-refractivity contribution in [3.63, 3.8) is 0 Å². The van der Waals surface area contributed by atoms with Crippen LogP contribution in [0.15, 0.2) is 78.1 Å². The SMILES string of the molecule is COc1ccc(S(=O)(=O)N2CCC(C(=O)Nc3ccc(-c4cn5cccnc5n4)cc3)CC2)cc1. The third-order valence-electron chi connectivity index (χ3n) is 6.21. The number of carbonyl (C=O) groups is 1. The number of anilines is 1. The normalized spacial score (nSPS) is 15.2. The molecular formula is C25H25N5O4S. The predicted molar refractivity (Wildman–Crippen MR) is 132 cm³/mol. The molecule has 2 aromatic heterocycles. The van der Waals surface area contributed by atoms with Gasteiger partial charge in [0.05, 0.1) is 17.7 Å². The summed E-state index contributed by atoms with van der Waals surface area (Å²) < 4.78 is 34.3. The maximum atomic E-state index is 12.9. The van der Waals surface area contributed by atoms with Gasteiger partial charge in [-0.05, 0) is 55.3 Å². The lowest BCUT2D eigenvalue weighted by atomic mass is 9.97. The summed E-state index contributed by atoms with van der Waals surface area (Å²) in [5.74, 6) is 0.876. The van der Waals surface area contributed by atoms with Crippen LogP contribution in [-0.4, -0.2) is 53.2 Å². The highest BCUT2D eigenvalue weighted by atomic mass is 32.2. The monoisotopic (exact) mass is 491 g/mol. The van der Waals surface area contributed by atoms with Crippen LogP contribution in [0, 0.1) is 5.92 Å². The molecule has 1 aliphatic rings. The van der Waals surface area contributed by atoms with E-state index in [-0.39, 0.29) is 16.7 Å². The first-order chi connectivity index (χ1) is 16.9. The largest absolute Gasteiger partial charge is 0.497 e. The van der Waals surface area contributed by atoms with E-state index in [1.165, 1.54) is 11.4 Å². The molecule has 1 N–H and O–H groups in total. The Morgan fingerprint density at radius 2 is 1.77 bits per heavy atom. The van der Waals surface area contributed by atoms with Crippen molar-refractivity contribution in [3.05, 3.63) is 73.2 Å². The number of ether oxygens (including phenoxy) is 1. The number of benzene rings is 2. The van der Waals surface area contributed by atoms with Gasteiger partial charge in [0.25, 0.3) is 0 Å². The van der Waals surface area contributed by atoms with Crippen LogP contribution in [0.1, 0.15) is 12.8 Å². The number of carbonyl (C=O) groups excluding carboxylic acids is 1. The standard InChI is InChI=1S/C25H25N5O4S/c1-34-21-7-9-22(10-8-21)35(32,33)30-15-11-19(12-16-30)24(31)27-20-5-3-18(4-6-20)23-17-29-14-2-13-26-25(29)28-23/h2-10,13-14,17,19H,11-12,15-16H2,1H3,(H,27,31). The maximum Gasteiger partial charge on any atom is 0.243 e. The van der Waals surface area contributed by atoms with E-state index < -0.39 is 10.0 Å². The number of nitrogens with zero attached hydrogens (tertiary/aromatic N) is 4. The Morgan fingerprint density at radius 1 is 1.06 bits per heavy atom. The molecule has 180 valence electrons. The van der Waals surface area contributed by atoms with E-state index in [0.717, 1.165) is 11.3 Å². The summed E-state index contributed by atoms with van der Waals surface area (Å²) in [7, 11) is -2.07. The number of methoxy groups -OCH3 is 1. The number of amides is 1. The number of fused-ring (bicyclic) bond motifs is 1. The van der Waals surface area contributed by atoms with Gasteiger partial charge in [-0.1, -0.05) is 12.1 Å². The second kappa shape index (κ2) is 9.47. The van der Waals surface area contributed by atoms with Crippen LogP contribution in [-0.2, 0) is 14.8 Å². The Bertz CT molecular complexity index is 1410. The van der Waals surface area contributed by atoms with Crippen molar-refractivity contribution < 1.29 is 17.9 Å². The Kier molecular flexibility index (Phi) is 6.23. The number of nitrogens with one attached hydrogen (secondary N) is 1. The summed E-state index contributed by atoms with van der Waals surface area (Å²) in [6.07, 6.45) is 6.43. The molecule has 0 atom stereocenters. The van der Waals surface area contributed by atoms with Crippen molar-refractivity contribution in [1.82, 2.24) is 18.7 Å². The molecule has 4 aromatic rings. The van der Waals surface area contributed by atoms with Gasteiger partial charge in [-0.3, -0.25) is 9.20 Å². The Morgan fingerprint density at radius 3 is 2.43 bits per heavy atom. The van der Waals surface area contributed by atoms with Crippen LogP contribution in [0.3, 0.4) is 0 Å². The average Bonchev–Trinajstić information content (AvgIpc) is 3.33. The molecule has 2 aromatic carbocycles. The van der Waals surface area contributed by atoms with Crippen LogP contribution in [0.2, 0.25) is 0 Å². The van der Waals surface area contributed by atoms with E-state index in [4.69, 9.17) is 4.74 Å². The molecule has 0 bridgehead atoms. The number of piperidine rings is 1. The Labute approximate surface area is 203 Å². The molecule has 1 aliphatic heterocycles. The highest BCUT2D eigenvalue weighted by molar-refractivity contribution is 7.89. The summed E-state index contributed by atoms with van der Waals surface area (Å²) in [6.45, 7) is 0.598. The molecule has 35 heavy (non-hydrogen) atoms. The quantitative estimate of drug-likeness (QED) is 0.443. The lowest BCUT2D eigenvalue weighted by molar-refractivity contribution is -0.120. The lowest BCUT2D eigenvalue weighted by Gasteiger charge is -2.30. The zero-order valence-corrected chi connectivity index (χ0v) is 20.0. The smallest absolute Gasteiger partial charge is 0.243 e. The van der Waals surface area contributed by atoms with Crippen LogP contribution >= 0.6 is 0 Å². The van der Waals surface area contributed by atoms with Gasteiger partial charge in [-0.2, -0.15) is 4.31 Å². The van der Waals surface area contributed by atoms with E-state index >= 15 is 0 Å². The van der Waals surface area contributed by atoms with Crippen LogP contribution in [0.4, 0.5) is 5.69 Å². The fraction of sp³-hybridized carbons (Fsp3) is 0.240. The molecule has 1 amide bonds. The van der Waals surface area contributed by atoms with E-state index in [1.807, 2.05) is 47.1 Å². The number of sulfonamides is 1. The molecule has 0 spiro atoms. The molecule has 10 heteroatoms. The molecule has 1 saturated heterocycles. The van der Waals surface area contributed by atoms with Gasteiger partial charge in [0, 0.05) is 48.8 Å². The van der Waals surface area contributed by atoms with Crippen molar-refractivity contribution in [2.75, 3.05) is 25.5 Å². The summed E-state index contributed by atoms with van der Waals surface area (Å²) in [5.41, 5.74) is 2.41. The van der Waals surface area contributed by atoms with Crippen LogP contribution < -0.4 is 10.1 Å². The fourth-order valence-electron chi connectivity index (χ4n) is 4.19. The summed E-state index contributed by atoms with van der Waals surface area (Å²) >= 11 is 0. The van der Waals surface area contributed by atoms with Gasteiger partial charge < -0.3 is 10.1 Å². The van der Waals surface area contributed by atoms with Crippen molar-refractivity contribution in [2.45, 2.75) is 17.7 Å². The third kappa shape index (κ3) is 4.75. The minimum atomic E-state index is -3.60. The topological polar surface area (TPSA) is 106 Å². The van der Waals surface area contributed by atoms with Gasteiger partial charge >= 0.3 is 0 Å². The number of aromatic nitrogens is 3. The van der Waals surface area contributed by atoms with E-state index in [0.29, 0.717) is 43.1 Å². The number of imidazole rings is 1. The van der Waals surface area contributed by atoms with Crippen molar-refractivity contribution in [2.24, 2.45) is 5.92 Å². The second-order valence-electron chi connectivity index (χ2n) is 8.37. The third-order valence-corrected chi connectivity index (χ3v) is 8.12. The number of rotatable bonds is 6. The Balaban J connectivity index is 1.19. The van der Waals surface area contributed by atoms with E-state index in [1.54, 1.807) is 30.5 Å². The van der Waals surface area contributed by atoms with Crippen LogP contribution in [0.5, 0.6) is 5.75 Å². The minimum Gasteiger partial charge on any atom is -0.497 e. The highest BCUT2D eigenvalue weighted by Gasteiger charge is 2.32. The van der Waals surface area contributed by atoms with Gasteiger partial charge in [-0.25, -0.2) is 18.4 Å². The first-order valence-corrected chi connectivity index (χ1v) is 12.7. The Hall–Kier alpha value is -3.76. The first-order valence-electron chi connectivity index (χ1n) is 11.3.